The zero-order valence-corrected chi connectivity index (χ0v) is 28.7. The van der Waals surface area contributed by atoms with Crippen LogP contribution in [0.25, 0.3) is 0 Å². The van der Waals surface area contributed by atoms with E-state index >= 15 is 0 Å². The lowest BCUT2D eigenvalue weighted by Crippen LogP contribution is -2.05. The van der Waals surface area contributed by atoms with Crippen LogP contribution in [0, 0.1) is 0 Å². The lowest BCUT2D eigenvalue weighted by Gasteiger charge is -2.05. The van der Waals surface area contributed by atoms with Crippen LogP contribution in [-0.4, -0.2) is 12.6 Å². The molecule has 0 aliphatic carbocycles. The summed E-state index contributed by atoms with van der Waals surface area (Å²) in [6.07, 6.45) is 52.2. The Bertz CT molecular complexity index is 603. The van der Waals surface area contributed by atoms with E-state index in [0.29, 0.717) is 13.0 Å². The average molecular weight is 587 g/mol. The van der Waals surface area contributed by atoms with E-state index in [0.717, 1.165) is 32.1 Å². The molecule has 0 rings (SSSR count). The van der Waals surface area contributed by atoms with Crippen molar-refractivity contribution in [2.75, 3.05) is 6.61 Å². The molecule has 0 saturated heterocycles. The van der Waals surface area contributed by atoms with Crippen molar-refractivity contribution in [2.24, 2.45) is 0 Å². The van der Waals surface area contributed by atoms with E-state index in [1.165, 1.54) is 154 Å². The number of allylic oxidation sites excluding steroid dienone is 6. The quantitative estimate of drug-likeness (QED) is 0.0426. The zero-order chi connectivity index (χ0) is 30.4. The average Bonchev–Trinajstić information content (AvgIpc) is 3.00. The molecular weight excluding hydrogens is 512 g/mol. The van der Waals surface area contributed by atoms with E-state index in [4.69, 9.17) is 4.74 Å². The van der Waals surface area contributed by atoms with Crippen molar-refractivity contribution in [3.05, 3.63) is 36.5 Å². The second kappa shape index (κ2) is 37.7. The molecule has 2 heteroatoms. The van der Waals surface area contributed by atoms with Gasteiger partial charge in [-0.05, 0) is 44.9 Å². The maximum absolute atomic E-state index is 11.9. The van der Waals surface area contributed by atoms with E-state index in [1.54, 1.807) is 0 Å². The minimum Gasteiger partial charge on any atom is -0.466 e. The van der Waals surface area contributed by atoms with Gasteiger partial charge in [0.2, 0.25) is 0 Å². The number of ether oxygens (including phenoxy) is 1. The molecule has 0 aromatic rings. The molecule has 42 heavy (non-hydrogen) atoms. The largest absolute Gasteiger partial charge is 0.466 e. The van der Waals surface area contributed by atoms with Crippen LogP contribution in [0.15, 0.2) is 36.5 Å². The SMILES string of the molecule is CC/C=C\C/C=C\C/C=C\CCCCCCCCOC(=O)CCCCCCCCCCCCCCCCCCCCC. The first kappa shape index (κ1) is 40.7. The van der Waals surface area contributed by atoms with Crippen LogP contribution in [0.3, 0.4) is 0 Å². The Morgan fingerprint density at radius 2 is 0.810 bits per heavy atom. The first-order chi connectivity index (χ1) is 20.8. The Labute approximate surface area is 264 Å². The second-order valence-electron chi connectivity index (χ2n) is 12.5. The fourth-order valence-corrected chi connectivity index (χ4v) is 5.50. The summed E-state index contributed by atoms with van der Waals surface area (Å²) in [5.74, 6) is 0.0148. The van der Waals surface area contributed by atoms with Gasteiger partial charge in [-0.2, -0.15) is 0 Å². The fourth-order valence-electron chi connectivity index (χ4n) is 5.50. The number of hydrogen-bond donors (Lipinski definition) is 0. The summed E-state index contributed by atoms with van der Waals surface area (Å²) in [7, 11) is 0. The predicted octanol–water partition coefficient (Wildman–Crippen LogP) is 13.9. The normalized spacial score (nSPS) is 12.0. The molecule has 0 radical (unpaired) electrons. The van der Waals surface area contributed by atoms with Gasteiger partial charge in [0.25, 0.3) is 0 Å². The molecule has 0 aromatic heterocycles. The topological polar surface area (TPSA) is 26.3 Å². The zero-order valence-electron chi connectivity index (χ0n) is 28.7. The molecule has 0 atom stereocenters. The van der Waals surface area contributed by atoms with E-state index in [9.17, 15) is 4.79 Å². The van der Waals surface area contributed by atoms with Gasteiger partial charge in [-0.25, -0.2) is 0 Å². The number of carbonyl (C=O) groups is 1. The van der Waals surface area contributed by atoms with Crippen LogP contribution in [0.5, 0.6) is 0 Å². The molecule has 0 aliphatic rings. The summed E-state index contributed by atoms with van der Waals surface area (Å²) in [6, 6.07) is 0. The van der Waals surface area contributed by atoms with Gasteiger partial charge in [-0.1, -0.05) is 192 Å². The highest BCUT2D eigenvalue weighted by Gasteiger charge is 2.02. The summed E-state index contributed by atoms with van der Waals surface area (Å²) in [4.78, 5) is 11.9. The molecular formula is C40H74O2. The maximum Gasteiger partial charge on any atom is 0.305 e. The molecule has 0 aromatic carbocycles. The van der Waals surface area contributed by atoms with Crippen molar-refractivity contribution in [3.8, 4) is 0 Å². The smallest absolute Gasteiger partial charge is 0.305 e. The number of esters is 1. The molecule has 0 heterocycles. The highest BCUT2D eigenvalue weighted by atomic mass is 16.5. The summed E-state index contributed by atoms with van der Waals surface area (Å²) in [5, 5.41) is 0. The number of unbranched alkanes of at least 4 members (excludes halogenated alkanes) is 24. The number of carbonyl (C=O) groups excluding carboxylic acids is 1. The monoisotopic (exact) mass is 587 g/mol. The lowest BCUT2D eigenvalue weighted by atomic mass is 10.0. The van der Waals surface area contributed by atoms with Crippen molar-refractivity contribution in [1.82, 2.24) is 0 Å². The van der Waals surface area contributed by atoms with Crippen LogP contribution in [0.1, 0.15) is 206 Å². The lowest BCUT2D eigenvalue weighted by molar-refractivity contribution is -0.143. The van der Waals surface area contributed by atoms with Gasteiger partial charge in [0.1, 0.15) is 0 Å². The van der Waals surface area contributed by atoms with E-state index in [2.05, 4.69) is 50.3 Å². The third-order valence-corrected chi connectivity index (χ3v) is 8.29. The van der Waals surface area contributed by atoms with E-state index in [1.807, 2.05) is 0 Å². The van der Waals surface area contributed by atoms with Gasteiger partial charge in [-0.15, -0.1) is 0 Å². The van der Waals surface area contributed by atoms with Gasteiger partial charge in [0, 0.05) is 6.42 Å². The molecule has 0 N–H and O–H groups in total. The Balaban J connectivity index is 3.21. The van der Waals surface area contributed by atoms with Crippen molar-refractivity contribution in [3.63, 3.8) is 0 Å². The van der Waals surface area contributed by atoms with Crippen LogP contribution >= 0.6 is 0 Å². The molecule has 0 unspecified atom stereocenters. The van der Waals surface area contributed by atoms with Crippen LogP contribution in [-0.2, 0) is 9.53 Å². The minimum atomic E-state index is 0.0148. The fraction of sp³-hybridized carbons (Fsp3) is 0.825. The number of hydrogen-bond acceptors (Lipinski definition) is 2. The van der Waals surface area contributed by atoms with Crippen molar-refractivity contribution in [1.29, 1.82) is 0 Å². The molecule has 0 amide bonds. The minimum absolute atomic E-state index is 0.0148. The Morgan fingerprint density at radius 3 is 1.29 bits per heavy atom. The van der Waals surface area contributed by atoms with Crippen molar-refractivity contribution >= 4 is 5.97 Å². The van der Waals surface area contributed by atoms with Crippen molar-refractivity contribution in [2.45, 2.75) is 206 Å². The maximum atomic E-state index is 11.9. The second-order valence-corrected chi connectivity index (χ2v) is 12.5. The standard InChI is InChI=1S/C40H74O2/c1-3-5-7-9-11-13-15-17-19-21-22-23-24-26-28-30-32-34-36-38-40(41)42-39-37-35-33-31-29-27-25-20-18-16-14-12-10-8-6-4-2/h6,8,12,14,18,20H,3-5,7,9-11,13,15-17,19,21-39H2,1-2H3/b8-6-,14-12-,20-18-. The predicted molar refractivity (Wildman–Crippen MR) is 188 cm³/mol. The first-order valence-corrected chi connectivity index (χ1v) is 18.9. The van der Waals surface area contributed by atoms with Gasteiger partial charge in [0.15, 0.2) is 0 Å². The molecule has 0 aliphatic heterocycles. The molecule has 0 spiro atoms. The highest BCUT2D eigenvalue weighted by Crippen LogP contribution is 2.15. The summed E-state index contributed by atoms with van der Waals surface area (Å²) in [6.45, 7) is 5.08. The summed E-state index contributed by atoms with van der Waals surface area (Å²) in [5.41, 5.74) is 0. The summed E-state index contributed by atoms with van der Waals surface area (Å²) < 4.78 is 5.44. The Morgan fingerprint density at radius 1 is 0.429 bits per heavy atom. The molecule has 0 saturated carbocycles. The van der Waals surface area contributed by atoms with Crippen LogP contribution in [0.2, 0.25) is 0 Å². The first-order valence-electron chi connectivity index (χ1n) is 18.9. The van der Waals surface area contributed by atoms with Crippen molar-refractivity contribution < 1.29 is 9.53 Å². The summed E-state index contributed by atoms with van der Waals surface area (Å²) >= 11 is 0. The third kappa shape index (κ3) is 36.7. The molecule has 0 fully saturated rings. The van der Waals surface area contributed by atoms with E-state index < -0.39 is 0 Å². The highest BCUT2D eigenvalue weighted by molar-refractivity contribution is 5.69. The molecule has 0 bridgehead atoms. The van der Waals surface area contributed by atoms with Gasteiger partial charge in [0.05, 0.1) is 6.61 Å². The van der Waals surface area contributed by atoms with Crippen LogP contribution < -0.4 is 0 Å². The third-order valence-electron chi connectivity index (χ3n) is 8.29. The van der Waals surface area contributed by atoms with Crippen LogP contribution in [0.4, 0.5) is 0 Å². The number of rotatable bonds is 34. The van der Waals surface area contributed by atoms with Gasteiger partial charge in [-0.3, -0.25) is 4.79 Å². The Kier molecular flexibility index (Phi) is 36.5. The van der Waals surface area contributed by atoms with E-state index in [-0.39, 0.29) is 5.97 Å². The van der Waals surface area contributed by atoms with Gasteiger partial charge >= 0.3 is 5.97 Å². The molecule has 2 nitrogen and oxygen atoms in total. The Hall–Kier alpha value is -1.31. The molecule has 246 valence electrons. The van der Waals surface area contributed by atoms with Gasteiger partial charge < -0.3 is 4.74 Å².